The van der Waals surface area contributed by atoms with Gasteiger partial charge in [0.25, 0.3) is 0 Å². The van der Waals surface area contributed by atoms with Crippen molar-refractivity contribution in [3.8, 4) is 0 Å². The van der Waals surface area contributed by atoms with Crippen LogP contribution in [-0.2, 0) is 16.0 Å². The molecule has 0 aromatic carbocycles. The Balaban J connectivity index is 1.97. The molecule has 22 heavy (non-hydrogen) atoms. The summed E-state index contributed by atoms with van der Waals surface area (Å²) in [6.07, 6.45) is 4.05. The van der Waals surface area contributed by atoms with Crippen LogP contribution in [0.25, 0.3) is 0 Å². The molecule has 2 rings (SSSR count). The molecule has 0 saturated heterocycles. The van der Waals surface area contributed by atoms with Crippen LogP contribution in [0.5, 0.6) is 0 Å². The van der Waals surface area contributed by atoms with Gasteiger partial charge in [-0.3, -0.25) is 9.59 Å². The summed E-state index contributed by atoms with van der Waals surface area (Å²) in [4.78, 5) is 23.7. The summed E-state index contributed by atoms with van der Waals surface area (Å²) >= 11 is 0. The summed E-state index contributed by atoms with van der Waals surface area (Å²) in [5, 5.41) is 16.2. The van der Waals surface area contributed by atoms with E-state index < -0.39 is 17.4 Å². The van der Waals surface area contributed by atoms with E-state index in [4.69, 9.17) is 4.52 Å². The zero-order valence-electron chi connectivity index (χ0n) is 13.4. The molecular formula is C16H24N2O4. The molecule has 6 nitrogen and oxygen atoms in total. The first kappa shape index (κ1) is 16.5. The van der Waals surface area contributed by atoms with Crippen molar-refractivity contribution >= 4 is 11.9 Å². The highest BCUT2D eigenvalue weighted by Crippen LogP contribution is 2.34. The summed E-state index contributed by atoms with van der Waals surface area (Å²) in [5.74, 6) is -0.717. The molecule has 2 N–H and O–H groups in total. The van der Waals surface area contributed by atoms with Crippen molar-refractivity contribution in [1.82, 2.24) is 10.5 Å². The standard InChI is InChI=1S/C16H24N2O4/c1-10-12(11(2)22-18-10)7-8-14(19)17-16(3)9-5-4-6-13(16)15(20)21/h13H,4-9H2,1-3H3,(H,17,19)(H,20,21). The van der Waals surface area contributed by atoms with Gasteiger partial charge in [-0.25, -0.2) is 0 Å². The zero-order chi connectivity index (χ0) is 16.3. The lowest BCUT2D eigenvalue weighted by Gasteiger charge is -2.39. The second-order valence-corrected chi connectivity index (χ2v) is 6.40. The Hall–Kier alpha value is -1.85. The zero-order valence-corrected chi connectivity index (χ0v) is 13.4. The highest BCUT2D eigenvalue weighted by molar-refractivity contribution is 5.79. The average molecular weight is 308 g/mol. The Morgan fingerprint density at radius 2 is 2.14 bits per heavy atom. The summed E-state index contributed by atoms with van der Waals surface area (Å²) in [6.45, 7) is 5.53. The molecule has 0 spiro atoms. The van der Waals surface area contributed by atoms with Gasteiger partial charge in [-0.1, -0.05) is 18.0 Å². The summed E-state index contributed by atoms with van der Waals surface area (Å²) in [7, 11) is 0. The Kier molecular flexibility index (Phi) is 4.88. The highest BCUT2D eigenvalue weighted by atomic mass is 16.5. The molecule has 2 atom stereocenters. The minimum atomic E-state index is -0.826. The summed E-state index contributed by atoms with van der Waals surface area (Å²) < 4.78 is 5.09. The van der Waals surface area contributed by atoms with E-state index in [1.54, 1.807) is 0 Å². The predicted octanol–water partition coefficient (Wildman–Crippen LogP) is 2.37. The number of hydrogen-bond acceptors (Lipinski definition) is 4. The summed E-state index contributed by atoms with van der Waals surface area (Å²) in [6, 6.07) is 0. The lowest BCUT2D eigenvalue weighted by atomic mass is 9.74. The van der Waals surface area contributed by atoms with E-state index >= 15 is 0 Å². The molecule has 6 heteroatoms. The number of rotatable bonds is 5. The number of hydrogen-bond donors (Lipinski definition) is 2. The Bertz CT molecular complexity index is 547. The quantitative estimate of drug-likeness (QED) is 0.871. The average Bonchev–Trinajstić information content (AvgIpc) is 2.75. The first-order valence-electron chi connectivity index (χ1n) is 7.79. The molecule has 1 amide bonds. The topological polar surface area (TPSA) is 92.4 Å². The minimum Gasteiger partial charge on any atom is -0.481 e. The number of aryl methyl sites for hydroxylation is 2. The smallest absolute Gasteiger partial charge is 0.308 e. The van der Waals surface area contributed by atoms with Crippen molar-refractivity contribution in [1.29, 1.82) is 0 Å². The van der Waals surface area contributed by atoms with Crippen LogP contribution in [0.2, 0.25) is 0 Å². The molecule has 1 saturated carbocycles. The SMILES string of the molecule is Cc1noc(C)c1CCC(=O)NC1(C)CCCCC1C(=O)O. The minimum absolute atomic E-state index is 0.115. The monoisotopic (exact) mass is 308 g/mol. The number of carbonyl (C=O) groups is 2. The molecule has 2 unspecified atom stereocenters. The molecule has 0 bridgehead atoms. The van der Waals surface area contributed by atoms with Gasteiger partial charge in [-0.05, 0) is 40.0 Å². The number of carboxylic acid groups (broad SMARTS) is 1. The Morgan fingerprint density at radius 3 is 2.73 bits per heavy atom. The number of nitrogens with zero attached hydrogens (tertiary/aromatic N) is 1. The third kappa shape index (κ3) is 3.48. The molecule has 1 aromatic heterocycles. The lowest BCUT2D eigenvalue weighted by molar-refractivity contribution is -0.146. The first-order valence-corrected chi connectivity index (χ1v) is 7.79. The van der Waals surface area contributed by atoms with Crippen molar-refractivity contribution < 1.29 is 19.2 Å². The van der Waals surface area contributed by atoms with E-state index in [0.717, 1.165) is 29.9 Å². The third-order valence-corrected chi connectivity index (χ3v) is 4.71. The molecule has 1 aromatic rings. The van der Waals surface area contributed by atoms with E-state index in [9.17, 15) is 14.7 Å². The summed E-state index contributed by atoms with van der Waals surface area (Å²) in [5.41, 5.74) is 1.11. The van der Waals surface area contributed by atoms with Gasteiger partial charge < -0.3 is 14.9 Å². The first-order chi connectivity index (χ1) is 10.3. The van der Waals surface area contributed by atoms with Gasteiger partial charge in [0.05, 0.1) is 17.2 Å². The van der Waals surface area contributed by atoms with Crippen LogP contribution >= 0.6 is 0 Å². The Labute approximate surface area is 130 Å². The fourth-order valence-electron chi connectivity index (χ4n) is 3.36. The van der Waals surface area contributed by atoms with Crippen LogP contribution in [0, 0.1) is 19.8 Å². The van der Waals surface area contributed by atoms with E-state index in [1.807, 2.05) is 20.8 Å². The number of aliphatic carboxylic acids is 1. The number of amides is 1. The molecule has 1 fully saturated rings. The van der Waals surface area contributed by atoms with Crippen molar-refractivity contribution in [3.05, 3.63) is 17.0 Å². The van der Waals surface area contributed by atoms with Crippen molar-refractivity contribution in [3.63, 3.8) is 0 Å². The maximum absolute atomic E-state index is 12.2. The number of carbonyl (C=O) groups excluding carboxylic acids is 1. The van der Waals surface area contributed by atoms with Gasteiger partial charge in [0.2, 0.25) is 5.91 Å². The lowest BCUT2D eigenvalue weighted by Crippen LogP contribution is -2.55. The van der Waals surface area contributed by atoms with Crippen LogP contribution in [0.3, 0.4) is 0 Å². The van der Waals surface area contributed by atoms with E-state index in [2.05, 4.69) is 10.5 Å². The second-order valence-electron chi connectivity index (χ2n) is 6.40. The third-order valence-electron chi connectivity index (χ3n) is 4.71. The maximum Gasteiger partial charge on any atom is 0.308 e. The van der Waals surface area contributed by atoms with Gasteiger partial charge in [0, 0.05) is 12.0 Å². The molecule has 1 aliphatic carbocycles. The van der Waals surface area contributed by atoms with Crippen LogP contribution in [0.4, 0.5) is 0 Å². The molecule has 0 aliphatic heterocycles. The maximum atomic E-state index is 12.2. The van der Waals surface area contributed by atoms with Crippen LogP contribution in [-0.4, -0.2) is 27.7 Å². The largest absolute Gasteiger partial charge is 0.481 e. The Morgan fingerprint density at radius 1 is 1.41 bits per heavy atom. The van der Waals surface area contributed by atoms with Crippen LogP contribution in [0.1, 0.15) is 56.0 Å². The van der Waals surface area contributed by atoms with E-state index in [0.29, 0.717) is 25.7 Å². The molecule has 1 heterocycles. The number of carboxylic acids is 1. The van der Waals surface area contributed by atoms with E-state index in [1.165, 1.54) is 0 Å². The number of aromatic nitrogens is 1. The molecular weight excluding hydrogens is 284 g/mol. The van der Waals surface area contributed by atoms with Gasteiger partial charge >= 0.3 is 5.97 Å². The predicted molar refractivity (Wildman–Crippen MR) is 80.4 cm³/mol. The van der Waals surface area contributed by atoms with Gasteiger partial charge in [0.1, 0.15) is 5.76 Å². The molecule has 122 valence electrons. The molecule has 1 aliphatic rings. The normalized spacial score (nSPS) is 25.0. The van der Waals surface area contributed by atoms with Crippen LogP contribution < -0.4 is 5.32 Å². The number of nitrogens with one attached hydrogen (secondary N) is 1. The second kappa shape index (κ2) is 6.50. The molecule has 0 radical (unpaired) electrons. The fourth-order valence-corrected chi connectivity index (χ4v) is 3.36. The van der Waals surface area contributed by atoms with Gasteiger partial charge in [-0.2, -0.15) is 0 Å². The van der Waals surface area contributed by atoms with Crippen molar-refractivity contribution in [2.45, 2.75) is 64.8 Å². The highest BCUT2D eigenvalue weighted by Gasteiger charge is 2.42. The van der Waals surface area contributed by atoms with Gasteiger partial charge in [-0.15, -0.1) is 0 Å². The van der Waals surface area contributed by atoms with E-state index in [-0.39, 0.29) is 5.91 Å². The fraction of sp³-hybridized carbons (Fsp3) is 0.688. The van der Waals surface area contributed by atoms with Crippen molar-refractivity contribution in [2.24, 2.45) is 5.92 Å². The van der Waals surface area contributed by atoms with Gasteiger partial charge in [0.15, 0.2) is 0 Å². The van der Waals surface area contributed by atoms with Crippen molar-refractivity contribution in [2.75, 3.05) is 0 Å². The van der Waals surface area contributed by atoms with Crippen LogP contribution in [0.15, 0.2) is 4.52 Å².